The van der Waals surface area contributed by atoms with E-state index < -0.39 is 29.3 Å². The molecule has 0 aromatic carbocycles. The van der Waals surface area contributed by atoms with E-state index >= 15 is 0 Å². The van der Waals surface area contributed by atoms with E-state index in [1.54, 1.807) is 20.8 Å². The predicted molar refractivity (Wildman–Crippen MR) is 77.8 cm³/mol. The van der Waals surface area contributed by atoms with Gasteiger partial charge in [0.25, 0.3) is 0 Å². The monoisotopic (exact) mass is 301 g/mol. The molecule has 21 heavy (non-hydrogen) atoms. The molecule has 2 atom stereocenters. The van der Waals surface area contributed by atoms with Crippen molar-refractivity contribution < 1.29 is 24.2 Å². The largest absolute Gasteiger partial charge is 0.467 e. The maximum Gasteiger partial charge on any atom is 0.411 e. The standard InChI is InChI=1S/C15H27NO5/c1-6-7-8-15(19)9-11(12(17)20-5)16(10-15)13(18)21-14(2,3)4/h11,19H,6-10H2,1-5H3/t11-,15?/m0/s1. The molecule has 1 amide bonds. The van der Waals surface area contributed by atoms with Crippen LogP contribution in [0.25, 0.3) is 0 Å². The van der Waals surface area contributed by atoms with Crippen LogP contribution in [0.2, 0.25) is 0 Å². The van der Waals surface area contributed by atoms with Gasteiger partial charge in [0, 0.05) is 6.42 Å². The van der Waals surface area contributed by atoms with Gasteiger partial charge in [0.2, 0.25) is 0 Å². The summed E-state index contributed by atoms with van der Waals surface area (Å²) in [6.45, 7) is 7.41. The molecule has 1 aliphatic heterocycles. The zero-order valence-electron chi connectivity index (χ0n) is 13.6. The number of esters is 1. The van der Waals surface area contributed by atoms with Gasteiger partial charge in [-0.3, -0.25) is 4.90 Å². The number of methoxy groups -OCH3 is 1. The number of amides is 1. The normalized spacial score (nSPS) is 25.8. The van der Waals surface area contributed by atoms with E-state index in [0.29, 0.717) is 6.42 Å². The van der Waals surface area contributed by atoms with Gasteiger partial charge in [-0.05, 0) is 27.2 Å². The van der Waals surface area contributed by atoms with E-state index in [-0.39, 0.29) is 13.0 Å². The zero-order valence-corrected chi connectivity index (χ0v) is 13.6. The first-order valence-corrected chi connectivity index (χ1v) is 7.42. The van der Waals surface area contributed by atoms with Gasteiger partial charge in [0.05, 0.1) is 19.3 Å². The summed E-state index contributed by atoms with van der Waals surface area (Å²) in [5, 5.41) is 10.6. The van der Waals surface area contributed by atoms with Crippen molar-refractivity contribution in [3.63, 3.8) is 0 Å². The van der Waals surface area contributed by atoms with Crippen LogP contribution in [-0.2, 0) is 14.3 Å². The number of carbonyl (C=O) groups excluding carboxylic acids is 2. The Morgan fingerprint density at radius 3 is 2.48 bits per heavy atom. The van der Waals surface area contributed by atoms with Gasteiger partial charge >= 0.3 is 12.1 Å². The third-order valence-electron chi connectivity index (χ3n) is 3.51. The van der Waals surface area contributed by atoms with E-state index in [4.69, 9.17) is 9.47 Å². The maximum atomic E-state index is 12.2. The lowest BCUT2D eigenvalue weighted by atomic mass is 9.94. The van der Waals surface area contributed by atoms with Crippen molar-refractivity contribution >= 4 is 12.1 Å². The third-order valence-corrected chi connectivity index (χ3v) is 3.51. The summed E-state index contributed by atoms with van der Waals surface area (Å²) in [5.74, 6) is -0.520. The average Bonchev–Trinajstić information content (AvgIpc) is 2.72. The average molecular weight is 301 g/mol. The topological polar surface area (TPSA) is 76.1 Å². The molecule has 1 unspecified atom stereocenters. The second-order valence-corrected chi connectivity index (χ2v) is 6.68. The van der Waals surface area contributed by atoms with Gasteiger partial charge in [0.15, 0.2) is 0 Å². The van der Waals surface area contributed by atoms with Crippen LogP contribution >= 0.6 is 0 Å². The number of ether oxygens (including phenoxy) is 2. The van der Waals surface area contributed by atoms with Crippen molar-refractivity contribution in [2.45, 2.75) is 70.6 Å². The second kappa shape index (κ2) is 6.64. The zero-order chi connectivity index (χ0) is 16.3. The van der Waals surface area contributed by atoms with Crippen molar-refractivity contribution in [3.8, 4) is 0 Å². The van der Waals surface area contributed by atoms with Crippen molar-refractivity contribution in [1.82, 2.24) is 4.90 Å². The smallest absolute Gasteiger partial charge is 0.411 e. The van der Waals surface area contributed by atoms with Crippen LogP contribution in [0.15, 0.2) is 0 Å². The minimum absolute atomic E-state index is 0.0989. The molecule has 6 heteroatoms. The fraction of sp³-hybridized carbons (Fsp3) is 0.867. The number of nitrogens with zero attached hydrogens (tertiary/aromatic N) is 1. The molecule has 0 aromatic heterocycles. The molecule has 6 nitrogen and oxygen atoms in total. The van der Waals surface area contributed by atoms with E-state index in [1.807, 2.05) is 6.92 Å². The number of aliphatic hydroxyl groups is 1. The molecule has 1 aliphatic rings. The number of rotatable bonds is 4. The molecule has 1 N–H and O–H groups in total. The quantitative estimate of drug-likeness (QED) is 0.805. The molecule has 1 rings (SSSR count). The highest BCUT2D eigenvalue weighted by Gasteiger charge is 2.49. The lowest BCUT2D eigenvalue weighted by Crippen LogP contribution is -2.44. The highest BCUT2D eigenvalue weighted by Crippen LogP contribution is 2.33. The Hall–Kier alpha value is -1.30. The first-order valence-electron chi connectivity index (χ1n) is 7.42. The summed E-state index contributed by atoms with van der Waals surface area (Å²) < 4.78 is 10.1. The van der Waals surface area contributed by atoms with Crippen LogP contribution in [0.4, 0.5) is 4.79 Å². The summed E-state index contributed by atoms with van der Waals surface area (Å²) in [5.41, 5.74) is -1.70. The van der Waals surface area contributed by atoms with Crippen LogP contribution in [0, 0.1) is 0 Å². The molecule has 1 fully saturated rings. The molecule has 0 aliphatic carbocycles. The highest BCUT2D eigenvalue weighted by molar-refractivity contribution is 5.82. The molecule has 0 aromatic rings. The minimum atomic E-state index is -1.05. The third kappa shape index (κ3) is 4.88. The number of unbranched alkanes of at least 4 members (excludes halogenated alkanes) is 1. The number of β-amino-alcohol motifs (C(OH)–C–C–N with tert-alkyl or cyclic N) is 1. The van der Waals surface area contributed by atoms with Crippen LogP contribution in [0.1, 0.15) is 53.4 Å². The van der Waals surface area contributed by atoms with Gasteiger partial charge in [-0.25, -0.2) is 9.59 Å². The molecule has 122 valence electrons. The Kier molecular flexibility index (Phi) is 5.61. The first kappa shape index (κ1) is 17.8. The van der Waals surface area contributed by atoms with Gasteiger partial charge in [-0.1, -0.05) is 19.8 Å². The second-order valence-electron chi connectivity index (χ2n) is 6.68. The van der Waals surface area contributed by atoms with Crippen LogP contribution in [0.5, 0.6) is 0 Å². The molecule has 0 bridgehead atoms. The Labute approximate surface area is 126 Å². The molecule has 0 spiro atoms. The number of likely N-dealkylation sites (tertiary alicyclic amines) is 1. The van der Waals surface area contributed by atoms with E-state index in [2.05, 4.69) is 0 Å². The molecule has 0 radical (unpaired) electrons. The Balaban J connectivity index is 2.87. The molecular formula is C15H27NO5. The van der Waals surface area contributed by atoms with Gasteiger partial charge in [-0.15, -0.1) is 0 Å². The van der Waals surface area contributed by atoms with Crippen LogP contribution in [0.3, 0.4) is 0 Å². The Morgan fingerprint density at radius 2 is 2.00 bits per heavy atom. The van der Waals surface area contributed by atoms with Crippen LogP contribution in [-0.4, -0.2) is 53.0 Å². The summed E-state index contributed by atoms with van der Waals surface area (Å²) in [4.78, 5) is 25.4. The molecule has 1 saturated heterocycles. The number of hydrogen-bond donors (Lipinski definition) is 1. The molecular weight excluding hydrogens is 274 g/mol. The van der Waals surface area contributed by atoms with E-state index in [1.165, 1.54) is 12.0 Å². The van der Waals surface area contributed by atoms with Crippen LogP contribution < -0.4 is 0 Å². The number of carbonyl (C=O) groups is 2. The summed E-state index contributed by atoms with van der Waals surface area (Å²) in [6.07, 6.45) is 1.93. The van der Waals surface area contributed by atoms with Crippen molar-refractivity contribution in [1.29, 1.82) is 0 Å². The first-order chi connectivity index (χ1) is 9.62. The Morgan fingerprint density at radius 1 is 1.38 bits per heavy atom. The maximum absolute atomic E-state index is 12.2. The molecule has 0 saturated carbocycles. The summed E-state index contributed by atoms with van der Waals surface area (Å²) >= 11 is 0. The van der Waals surface area contributed by atoms with E-state index in [9.17, 15) is 14.7 Å². The van der Waals surface area contributed by atoms with Gasteiger partial charge in [0.1, 0.15) is 11.6 Å². The number of hydrogen-bond acceptors (Lipinski definition) is 5. The lowest BCUT2D eigenvalue weighted by Gasteiger charge is -2.27. The van der Waals surface area contributed by atoms with Crippen molar-refractivity contribution in [2.75, 3.05) is 13.7 Å². The summed E-state index contributed by atoms with van der Waals surface area (Å²) in [6, 6.07) is -0.785. The molecule has 1 heterocycles. The van der Waals surface area contributed by atoms with Gasteiger partial charge in [-0.2, -0.15) is 0 Å². The highest BCUT2D eigenvalue weighted by atomic mass is 16.6. The summed E-state index contributed by atoms with van der Waals surface area (Å²) in [7, 11) is 1.28. The van der Waals surface area contributed by atoms with Gasteiger partial charge < -0.3 is 14.6 Å². The van der Waals surface area contributed by atoms with Crippen molar-refractivity contribution in [3.05, 3.63) is 0 Å². The fourth-order valence-corrected chi connectivity index (χ4v) is 2.51. The minimum Gasteiger partial charge on any atom is -0.467 e. The predicted octanol–water partition coefficient (Wildman–Crippen LogP) is 2.09. The SMILES string of the molecule is CCCCC1(O)C[C@@H](C(=O)OC)N(C(=O)OC(C)(C)C)C1. The van der Waals surface area contributed by atoms with E-state index in [0.717, 1.165) is 12.8 Å². The van der Waals surface area contributed by atoms with Crippen molar-refractivity contribution in [2.24, 2.45) is 0 Å². The fourth-order valence-electron chi connectivity index (χ4n) is 2.51. The Bertz CT molecular complexity index is 390. The lowest BCUT2D eigenvalue weighted by molar-refractivity contribution is -0.145.